The van der Waals surface area contributed by atoms with E-state index in [9.17, 15) is 9.59 Å². The molecular formula is C14H20N2O3. The number of rotatable bonds is 6. The number of benzene rings is 1. The summed E-state index contributed by atoms with van der Waals surface area (Å²) < 4.78 is 0. The lowest BCUT2D eigenvalue weighted by Crippen LogP contribution is -2.48. The van der Waals surface area contributed by atoms with Crippen molar-refractivity contribution in [2.24, 2.45) is 11.7 Å². The molecule has 1 rings (SSSR count). The van der Waals surface area contributed by atoms with E-state index in [0.717, 1.165) is 5.56 Å². The van der Waals surface area contributed by atoms with Crippen molar-refractivity contribution in [1.29, 1.82) is 0 Å². The molecule has 19 heavy (non-hydrogen) atoms. The van der Waals surface area contributed by atoms with E-state index in [0.29, 0.717) is 6.42 Å². The Morgan fingerprint density at radius 2 is 1.84 bits per heavy atom. The molecule has 0 aliphatic heterocycles. The zero-order valence-corrected chi connectivity index (χ0v) is 11.2. The van der Waals surface area contributed by atoms with E-state index < -0.39 is 24.0 Å². The molecule has 0 radical (unpaired) electrons. The van der Waals surface area contributed by atoms with Crippen molar-refractivity contribution in [3.05, 3.63) is 35.9 Å². The molecular weight excluding hydrogens is 244 g/mol. The van der Waals surface area contributed by atoms with Gasteiger partial charge in [0.1, 0.15) is 0 Å². The van der Waals surface area contributed by atoms with Gasteiger partial charge in [-0.25, -0.2) is 0 Å². The van der Waals surface area contributed by atoms with E-state index in [1.807, 2.05) is 30.3 Å². The second-order valence-electron chi connectivity index (χ2n) is 4.72. The van der Waals surface area contributed by atoms with Gasteiger partial charge in [-0.15, -0.1) is 0 Å². The number of nitrogens with one attached hydrogen (secondary N) is 1. The molecule has 0 aliphatic carbocycles. The van der Waals surface area contributed by atoms with Gasteiger partial charge in [-0.05, 0) is 25.8 Å². The Hall–Kier alpha value is -1.88. The zero-order valence-electron chi connectivity index (χ0n) is 11.2. The highest BCUT2D eigenvalue weighted by Crippen LogP contribution is 2.05. The molecule has 0 aliphatic rings. The fourth-order valence-electron chi connectivity index (χ4n) is 1.63. The molecule has 0 heterocycles. The third-order valence-electron chi connectivity index (χ3n) is 3.14. The van der Waals surface area contributed by atoms with Crippen LogP contribution in [0.2, 0.25) is 0 Å². The van der Waals surface area contributed by atoms with Crippen LogP contribution < -0.4 is 11.1 Å². The molecule has 104 valence electrons. The molecule has 2 unspecified atom stereocenters. The largest absolute Gasteiger partial charge is 0.481 e. The lowest BCUT2D eigenvalue weighted by molar-refractivity contribution is -0.142. The van der Waals surface area contributed by atoms with Crippen LogP contribution in [0.25, 0.3) is 0 Å². The summed E-state index contributed by atoms with van der Waals surface area (Å²) in [4.78, 5) is 22.7. The molecule has 1 amide bonds. The highest BCUT2D eigenvalue weighted by atomic mass is 16.4. The predicted octanol–water partition coefficient (Wildman–Crippen LogP) is 0.782. The summed E-state index contributed by atoms with van der Waals surface area (Å²) in [6.45, 7) is 3.21. The smallest absolute Gasteiger partial charge is 0.308 e. The fraction of sp³-hybridized carbons (Fsp3) is 0.429. The second-order valence-corrected chi connectivity index (χ2v) is 4.72. The summed E-state index contributed by atoms with van der Waals surface area (Å²) >= 11 is 0. The number of aliphatic carboxylic acids is 1. The van der Waals surface area contributed by atoms with Crippen LogP contribution in [-0.4, -0.2) is 29.1 Å². The minimum absolute atomic E-state index is 0.329. The van der Waals surface area contributed by atoms with Crippen LogP contribution in [0, 0.1) is 5.92 Å². The maximum absolute atomic E-state index is 11.9. The van der Waals surface area contributed by atoms with Crippen molar-refractivity contribution in [2.75, 3.05) is 0 Å². The maximum Gasteiger partial charge on any atom is 0.308 e. The number of hydrogen-bond donors (Lipinski definition) is 3. The summed E-state index contributed by atoms with van der Waals surface area (Å²) in [5.41, 5.74) is 6.79. The number of carboxylic acids is 1. The van der Waals surface area contributed by atoms with E-state index in [1.165, 1.54) is 0 Å². The number of amides is 1. The van der Waals surface area contributed by atoms with Gasteiger partial charge in [0.05, 0.1) is 12.0 Å². The fourth-order valence-corrected chi connectivity index (χ4v) is 1.63. The standard InChI is InChI=1S/C14H20N2O3/c1-9(14(18)19)10(2)16-13(17)12(15)8-11-6-4-3-5-7-11/h3-7,9-10,12H,8,15H2,1-2H3,(H,16,17)(H,18,19)/t9?,10?,12-/m0/s1. The summed E-state index contributed by atoms with van der Waals surface area (Å²) in [6, 6.07) is 8.33. The third kappa shape index (κ3) is 4.71. The van der Waals surface area contributed by atoms with Gasteiger partial charge < -0.3 is 16.2 Å². The Morgan fingerprint density at radius 1 is 1.26 bits per heavy atom. The van der Waals surface area contributed by atoms with Crippen molar-refractivity contribution in [3.8, 4) is 0 Å². The Balaban J connectivity index is 2.51. The van der Waals surface area contributed by atoms with Crippen LogP contribution in [0.1, 0.15) is 19.4 Å². The van der Waals surface area contributed by atoms with Crippen molar-refractivity contribution >= 4 is 11.9 Å². The molecule has 1 aromatic rings. The minimum Gasteiger partial charge on any atom is -0.481 e. The molecule has 5 heteroatoms. The third-order valence-corrected chi connectivity index (χ3v) is 3.14. The van der Waals surface area contributed by atoms with Crippen molar-refractivity contribution in [3.63, 3.8) is 0 Å². The molecule has 0 spiro atoms. The van der Waals surface area contributed by atoms with E-state index in [4.69, 9.17) is 10.8 Å². The SMILES string of the molecule is CC(NC(=O)[C@@H](N)Cc1ccccc1)C(C)C(=O)O. The summed E-state index contributed by atoms with van der Waals surface area (Å²) in [5.74, 6) is -1.92. The van der Waals surface area contributed by atoms with E-state index >= 15 is 0 Å². The minimum atomic E-state index is -0.940. The normalized spacial score (nSPS) is 15.3. The number of nitrogens with two attached hydrogens (primary N) is 1. The number of carbonyl (C=O) groups excluding carboxylic acids is 1. The van der Waals surface area contributed by atoms with Gasteiger partial charge in [0.15, 0.2) is 0 Å². The van der Waals surface area contributed by atoms with E-state index in [-0.39, 0.29) is 5.91 Å². The first kappa shape index (κ1) is 15.2. The highest BCUT2D eigenvalue weighted by molar-refractivity contribution is 5.82. The molecule has 0 saturated heterocycles. The van der Waals surface area contributed by atoms with Gasteiger partial charge in [-0.3, -0.25) is 9.59 Å². The molecule has 0 bridgehead atoms. The summed E-state index contributed by atoms with van der Waals surface area (Å²) in [6.07, 6.45) is 0.431. The van der Waals surface area contributed by atoms with Crippen LogP contribution in [-0.2, 0) is 16.0 Å². The van der Waals surface area contributed by atoms with Crippen LogP contribution in [0.4, 0.5) is 0 Å². The summed E-state index contributed by atoms with van der Waals surface area (Å²) in [7, 11) is 0. The molecule has 0 saturated carbocycles. The zero-order chi connectivity index (χ0) is 14.4. The van der Waals surface area contributed by atoms with Crippen LogP contribution in [0.3, 0.4) is 0 Å². The first-order valence-corrected chi connectivity index (χ1v) is 6.24. The lowest BCUT2D eigenvalue weighted by atomic mass is 10.0. The van der Waals surface area contributed by atoms with Crippen LogP contribution in [0.15, 0.2) is 30.3 Å². The van der Waals surface area contributed by atoms with Gasteiger partial charge in [-0.1, -0.05) is 30.3 Å². The van der Waals surface area contributed by atoms with Gasteiger partial charge in [0.2, 0.25) is 5.91 Å². The van der Waals surface area contributed by atoms with Crippen molar-refractivity contribution < 1.29 is 14.7 Å². The average Bonchev–Trinajstić information content (AvgIpc) is 2.38. The molecule has 3 atom stereocenters. The average molecular weight is 264 g/mol. The molecule has 5 nitrogen and oxygen atoms in total. The molecule has 1 aromatic carbocycles. The Kier molecular flexibility index (Phi) is 5.51. The topological polar surface area (TPSA) is 92.4 Å². The van der Waals surface area contributed by atoms with Gasteiger partial charge in [0.25, 0.3) is 0 Å². The van der Waals surface area contributed by atoms with E-state index in [2.05, 4.69) is 5.32 Å². The highest BCUT2D eigenvalue weighted by Gasteiger charge is 2.23. The first-order valence-electron chi connectivity index (χ1n) is 6.24. The number of carbonyl (C=O) groups is 2. The van der Waals surface area contributed by atoms with Crippen LogP contribution in [0.5, 0.6) is 0 Å². The van der Waals surface area contributed by atoms with E-state index in [1.54, 1.807) is 13.8 Å². The Morgan fingerprint density at radius 3 is 2.37 bits per heavy atom. The lowest BCUT2D eigenvalue weighted by Gasteiger charge is -2.20. The van der Waals surface area contributed by atoms with Gasteiger partial charge in [-0.2, -0.15) is 0 Å². The first-order chi connectivity index (χ1) is 8.91. The quantitative estimate of drug-likeness (QED) is 0.708. The maximum atomic E-state index is 11.9. The van der Waals surface area contributed by atoms with Crippen LogP contribution >= 0.6 is 0 Å². The Bertz CT molecular complexity index is 434. The monoisotopic (exact) mass is 264 g/mol. The molecule has 0 fully saturated rings. The predicted molar refractivity (Wildman–Crippen MR) is 72.5 cm³/mol. The van der Waals surface area contributed by atoms with Gasteiger partial charge in [0, 0.05) is 6.04 Å². The number of hydrogen-bond acceptors (Lipinski definition) is 3. The second kappa shape index (κ2) is 6.89. The van der Waals surface area contributed by atoms with Gasteiger partial charge >= 0.3 is 5.97 Å². The van der Waals surface area contributed by atoms with Crippen molar-refractivity contribution in [2.45, 2.75) is 32.4 Å². The number of carboxylic acid groups (broad SMARTS) is 1. The Labute approximate surface area is 112 Å². The van der Waals surface area contributed by atoms with Crippen molar-refractivity contribution in [1.82, 2.24) is 5.32 Å². The molecule has 4 N–H and O–H groups in total. The summed E-state index contributed by atoms with van der Waals surface area (Å²) in [5, 5.41) is 11.5. The molecule has 0 aromatic heterocycles.